The van der Waals surface area contributed by atoms with Crippen LogP contribution < -0.4 is 5.73 Å². The van der Waals surface area contributed by atoms with Gasteiger partial charge in [0.15, 0.2) is 0 Å². The summed E-state index contributed by atoms with van der Waals surface area (Å²) in [5.74, 6) is 0. The fourth-order valence-electron chi connectivity index (χ4n) is 2.36. The van der Waals surface area contributed by atoms with Crippen LogP contribution in [0.3, 0.4) is 0 Å². The summed E-state index contributed by atoms with van der Waals surface area (Å²) in [6.07, 6.45) is 3.96. The quantitative estimate of drug-likeness (QED) is 0.788. The van der Waals surface area contributed by atoms with Crippen LogP contribution in [0, 0.1) is 6.92 Å². The van der Waals surface area contributed by atoms with Gasteiger partial charge in [-0.3, -0.25) is 0 Å². The maximum atomic E-state index is 5.67. The Morgan fingerprint density at radius 2 is 1.90 bits per heavy atom. The van der Waals surface area contributed by atoms with Crippen molar-refractivity contribution in [1.29, 1.82) is 0 Å². The average molecular weight is 263 g/mol. The third kappa shape index (κ3) is 2.36. The molecule has 0 saturated carbocycles. The van der Waals surface area contributed by atoms with Crippen molar-refractivity contribution in [3.8, 4) is 16.8 Å². The maximum Gasteiger partial charge on any atom is 0.0645 e. The lowest BCUT2D eigenvalue weighted by molar-refractivity contribution is 0.881. The Balaban J connectivity index is 1.98. The second kappa shape index (κ2) is 5.31. The van der Waals surface area contributed by atoms with Gasteiger partial charge in [-0.05, 0) is 35.7 Å². The highest BCUT2D eigenvalue weighted by molar-refractivity contribution is 5.66. The molecule has 2 N–H and O–H groups in total. The third-order valence-electron chi connectivity index (χ3n) is 3.44. The van der Waals surface area contributed by atoms with Gasteiger partial charge in [-0.25, -0.2) is 4.68 Å². The monoisotopic (exact) mass is 263 g/mol. The molecule has 3 aromatic rings. The van der Waals surface area contributed by atoms with Gasteiger partial charge in [0.25, 0.3) is 0 Å². The summed E-state index contributed by atoms with van der Waals surface area (Å²) < 4.78 is 1.89. The Bertz CT molecular complexity index is 714. The molecule has 100 valence electrons. The molecule has 0 saturated heterocycles. The molecule has 3 rings (SSSR count). The second-order valence-corrected chi connectivity index (χ2v) is 4.86. The van der Waals surface area contributed by atoms with Crippen LogP contribution in [-0.2, 0) is 6.54 Å². The molecule has 0 aliphatic heterocycles. The van der Waals surface area contributed by atoms with Crippen LogP contribution in [0.25, 0.3) is 16.8 Å². The van der Waals surface area contributed by atoms with Crippen LogP contribution in [-0.4, -0.2) is 9.78 Å². The van der Waals surface area contributed by atoms with Crippen molar-refractivity contribution in [3.05, 3.63) is 72.1 Å². The maximum absolute atomic E-state index is 5.67. The van der Waals surface area contributed by atoms with Crippen molar-refractivity contribution < 1.29 is 0 Å². The Morgan fingerprint density at radius 3 is 2.60 bits per heavy atom. The molecule has 1 heterocycles. The Hall–Kier alpha value is -2.39. The normalized spacial score (nSPS) is 10.7. The summed E-state index contributed by atoms with van der Waals surface area (Å²) in [5.41, 5.74) is 11.4. The molecule has 0 atom stereocenters. The zero-order valence-electron chi connectivity index (χ0n) is 11.5. The van der Waals surface area contributed by atoms with E-state index in [4.69, 9.17) is 5.73 Å². The van der Waals surface area contributed by atoms with Crippen molar-refractivity contribution >= 4 is 0 Å². The molecule has 20 heavy (non-hydrogen) atoms. The van der Waals surface area contributed by atoms with E-state index in [9.17, 15) is 0 Å². The Kier molecular flexibility index (Phi) is 3.35. The number of hydrogen-bond donors (Lipinski definition) is 1. The molecule has 0 radical (unpaired) electrons. The van der Waals surface area contributed by atoms with Gasteiger partial charge in [0.2, 0.25) is 0 Å². The molecule has 0 aliphatic rings. The first-order valence-corrected chi connectivity index (χ1v) is 6.68. The van der Waals surface area contributed by atoms with Crippen LogP contribution in [0.15, 0.2) is 60.9 Å². The summed E-state index contributed by atoms with van der Waals surface area (Å²) in [6.45, 7) is 2.68. The van der Waals surface area contributed by atoms with Crippen LogP contribution in [0.1, 0.15) is 11.1 Å². The lowest BCUT2D eigenvalue weighted by Crippen LogP contribution is -1.96. The molecular formula is C17H17N3. The van der Waals surface area contributed by atoms with Gasteiger partial charge in [0.05, 0.1) is 11.9 Å². The highest BCUT2D eigenvalue weighted by atomic mass is 15.3. The molecule has 0 fully saturated rings. The summed E-state index contributed by atoms with van der Waals surface area (Å²) in [5, 5.41) is 4.44. The fourth-order valence-corrected chi connectivity index (χ4v) is 2.36. The fraction of sp³-hybridized carbons (Fsp3) is 0.118. The molecule has 1 aromatic heterocycles. The lowest BCUT2D eigenvalue weighted by Gasteiger charge is -2.05. The number of nitrogens with zero attached hydrogens (tertiary/aromatic N) is 2. The van der Waals surface area contributed by atoms with Crippen molar-refractivity contribution in [2.45, 2.75) is 13.5 Å². The predicted octanol–water partition coefficient (Wildman–Crippen LogP) is 3.31. The van der Waals surface area contributed by atoms with Crippen molar-refractivity contribution in [1.82, 2.24) is 9.78 Å². The number of aryl methyl sites for hydroxylation is 1. The summed E-state index contributed by atoms with van der Waals surface area (Å²) >= 11 is 0. The number of aromatic nitrogens is 2. The number of hydrogen-bond acceptors (Lipinski definition) is 2. The van der Waals surface area contributed by atoms with E-state index in [2.05, 4.69) is 36.4 Å². The number of para-hydroxylation sites is 1. The topological polar surface area (TPSA) is 43.8 Å². The molecule has 0 aliphatic carbocycles. The van der Waals surface area contributed by atoms with Gasteiger partial charge in [-0.2, -0.15) is 5.10 Å². The first-order chi connectivity index (χ1) is 9.78. The van der Waals surface area contributed by atoms with E-state index < -0.39 is 0 Å². The first-order valence-electron chi connectivity index (χ1n) is 6.68. The minimum atomic E-state index is 0.574. The largest absolute Gasteiger partial charge is 0.326 e. The minimum Gasteiger partial charge on any atom is -0.326 e. The Labute approximate surface area is 118 Å². The Morgan fingerprint density at radius 1 is 1.10 bits per heavy atom. The van der Waals surface area contributed by atoms with Gasteiger partial charge >= 0.3 is 0 Å². The molecule has 0 spiro atoms. The molecule has 3 nitrogen and oxygen atoms in total. The zero-order valence-corrected chi connectivity index (χ0v) is 11.5. The van der Waals surface area contributed by atoms with Gasteiger partial charge in [-0.15, -0.1) is 0 Å². The molecule has 0 unspecified atom stereocenters. The highest BCUT2D eigenvalue weighted by Gasteiger charge is 2.06. The van der Waals surface area contributed by atoms with Crippen molar-refractivity contribution in [2.75, 3.05) is 0 Å². The second-order valence-electron chi connectivity index (χ2n) is 4.86. The SMILES string of the molecule is Cc1cc(CN)ccc1-c1cnn(-c2ccccc2)c1. The van der Waals surface area contributed by atoms with E-state index >= 15 is 0 Å². The molecule has 3 heteroatoms. The lowest BCUT2D eigenvalue weighted by atomic mass is 10.0. The van der Waals surface area contributed by atoms with Crippen molar-refractivity contribution in [2.24, 2.45) is 5.73 Å². The van der Waals surface area contributed by atoms with Crippen LogP contribution >= 0.6 is 0 Å². The van der Waals surface area contributed by atoms with Gasteiger partial charge in [0.1, 0.15) is 0 Å². The summed E-state index contributed by atoms with van der Waals surface area (Å²) in [7, 11) is 0. The number of rotatable bonds is 3. The van der Waals surface area contributed by atoms with E-state index in [1.54, 1.807) is 0 Å². The summed E-state index contributed by atoms with van der Waals surface area (Å²) in [4.78, 5) is 0. The van der Waals surface area contributed by atoms with E-state index in [0.29, 0.717) is 6.54 Å². The average Bonchev–Trinajstić information content (AvgIpc) is 2.97. The number of benzene rings is 2. The van der Waals surface area contributed by atoms with E-state index in [0.717, 1.165) is 16.8 Å². The van der Waals surface area contributed by atoms with Crippen LogP contribution in [0.2, 0.25) is 0 Å². The number of nitrogens with two attached hydrogens (primary N) is 1. The zero-order chi connectivity index (χ0) is 13.9. The third-order valence-corrected chi connectivity index (χ3v) is 3.44. The van der Waals surface area contributed by atoms with E-state index in [1.165, 1.54) is 11.1 Å². The standard InChI is InChI=1S/C17H17N3/c1-13-9-14(10-18)7-8-17(13)15-11-19-20(12-15)16-5-3-2-4-6-16/h2-9,11-12H,10,18H2,1H3. The van der Waals surface area contributed by atoms with Crippen LogP contribution in [0.5, 0.6) is 0 Å². The van der Waals surface area contributed by atoms with Crippen LogP contribution in [0.4, 0.5) is 0 Å². The van der Waals surface area contributed by atoms with Gasteiger partial charge < -0.3 is 5.73 Å². The molecule has 2 aromatic carbocycles. The predicted molar refractivity (Wildman–Crippen MR) is 81.6 cm³/mol. The van der Waals surface area contributed by atoms with Gasteiger partial charge in [0, 0.05) is 18.3 Å². The molecule has 0 bridgehead atoms. The highest BCUT2D eigenvalue weighted by Crippen LogP contribution is 2.24. The van der Waals surface area contributed by atoms with Gasteiger partial charge in [-0.1, -0.05) is 36.4 Å². The molecule has 0 amide bonds. The van der Waals surface area contributed by atoms with E-state index in [-0.39, 0.29) is 0 Å². The molecular weight excluding hydrogens is 246 g/mol. The first kappa shape index (κ1) is 12.6. The van der Waals surface area contributed by atoms with E-state index in [1.807, 2.05) is 41.2 Å². The summed E-state index contributed by atoms with van der Waals surface area (Å²) in [6, 6.07) is 16.4. The minimum absolute atomic E-state index is 0.574. The smallest absolute Gasteiger partial charge is 0.0645 e. The van der Waals surface area contributed by atoms with Crippen molar-refractivity contribution in [3.63, 3.8) is 0 Å².